The van der Waals surface area contributed by atoms with Crippen molar-refractivity contribution in [1.82, 2.24) is 19.6 Å². The first kappa shape index (κ1) is 15.4. The van der Waals surface area contributed by atoms with Crippen LogP contribution < -0.4 is 11.1 Å². The number of primary amides is 1. The third kappa shape index (κ3) is 2.75. The van der Waals surface area contributed by atoms with Crippen molar-refractivity contribution in [2.75, 3.05) is 5.32 Å². The topological polar surface area (TPSA) is 122 Å². The number of amides is 1. The molecule has 0 saturated heterocycles. The van der Waals surface area contributed by atoms with Gasteiger partial charge in [-0.2, -0.15) is 10.4 Å². The molecule has 8 nitrogen and oxygen atoms in total. The number of hydrogen-bond donors (Lipinski definition) is 2. The second-order valence-corrected chi connectivity index (χ2v) is 5.56. The monoisotopic (exact) mass is 321 g/mol. The molecule has 0 radical (unpaired) electrons. The summed E-state index contributed by atoms with van der Waals surface area (Å²) in [7, 11) is 0. The summed E-state index contributed by atoms with van der Waals surface area (Å²) in [6, 6.07) is 3.89. The van der Waals surface area contributed by atoms with Crippen LogP contribution >= 0.6 is 0 Å². The van der Waals surface area contributed by atoms with Gasteiger partial charge < -0.3 is 11.1 Å². The number of hydrogen-bond acceptors (Lipinski definition) is 6. The number of rotatable bonds is 4. The van der Waals surface area contributed by atoms with E-state index in [4.69, 9.17) is 11.0 Å². The zero-order chi connectivity index (χ0) is 17.3. The molecule has 3 rings (SSSR count). The lowest BCUT2D eigenvalue weighted by molar-refractivity contribution is 0.100. The molecule has 1 amide bonds. The zero-order valence-electron chi connectivity index (χ0n) is 13.2. The van der Waals surface area contributed by atoms with Crippen molar-refractivity contribution in [2.45, 2.75) is 19.9 Å². The maximum atomic E-state index is 11.6. The largest absolute Gasteiger partial charge is 0.382 e. The minimum absolute atomic E-state index is 0.124. The highest BCUT2D eigenvalue weighted by atomic mass is 16.1. The number of fused-ring (bicyclic) bond motifs is 1. The number of nitrogens with zero attached hydrogens (tertiary/aromatic N) is 5. The minimum atomic E-state index is -0.547. The Labute approximate surface area is 138 Å². The summed E-state index contributed by atoms with van der Waals surface area (Å²) in [5, 5.41) is 16.3. The number of nitriles is 1. The van der Waals surface area contributed by atoms with Gasteiger partial charge in [0.25, 0.3) is 5.91 Å². The third-order valence-corrected chi connectivity index (χ3v) is 3.38. The fourth-order valence-electron chi connectivity index (χ4n) is 2.34. The van der Waals surface area contributed by atoms with Crippen molar-refractivity contribution in [3.63, 3.8) is 0 Å². The third-order valence-electron chi connectivity index (χ3n) is 3.38. The first-order valence-electron chi connectivity index (χ1n) is 7.30. The van der Waals surface area contributed by atoms with E-state index in [2.05, 4.69) is 20.4 Å². The molecular weight excluding hydrogens is 306 g/mol. The lowest BCUT2D eigenvalue weighted by atomic mass is 10.1. The van der Waals surface area contributed by atoms with E-state index in [1.54, 1.807) is 18.5 Å². The summed E-state index contributed by atoms with van der Waals surface area (Å²) in [6.07, 6.45) is 6.13. The predicted molar refractivity (Wildman–Crippen MR) is 88.2 cm³/mol. The molecule has 3 N–H and O–H groups in total. The number of aromatic nitrogens is 4. The van der Waals surface area contributed by atoms with Crippen molar-refractivity contribution in [3.8, 4) is 17.3 Å². The summed E-state index contributed by atoms with van der Waals surface area (Å²) in [5.74, 6) is -0.547. The van der Waals surface area contributed by atoms with Gasteiger partial charge in [0.05, 0.1) is 40.5 Å². The molecule has 0 unspecified atom stereocenters. The van der Waals surface area contributed by atoms with Gasteiger partial charge in [-0.25, -0.2) is 9.50 Å². The smallest absolute Gasteiger partial charge is 0.252 e. The normalized spacial score (nSPS) is 10.8. The van der Waals surface area contributed by atoms with E-state index in [0.717, 1.165) is 0 Å². The highest BCUT2D eigenvalue weighted by Gasteiger charge is 2.15. The SMILES string of the molecule is CC(C)Nc1cc(-c2cnn3cc(C#N)cnc23)ncc1C(N)=O. The molecule has 3 aromatic heterocycles. The van der Waals surface area contributed by atoms with E-state index in [-0.39, 0.29) is 6.04 Å². The standard InChI is InChI=1S/C16H15N7O/c1-9(2)22-14-3-13(19-6-11(14)15(18)24)12-7-21-23-8-10(4-17)5-20-16(12)23/h3,5-9H,1-2H3,(H2,18,24)(H,19,22). The number of nitrogens with two attached hydrogens (primary N) is 1. The van der Waals surface area contributed by atoms with E-state index in [9.17, 15) is 4.79 Å². The molecular formula is C16H15N7O. The van der Waals surface area contributed by atoms with Crippen LogP contribution in [0.3, 0.4) is 0 Å². The summed E-state index contributed by atoms with van der Waals surface area (Å²) in [4.78, 5) is 20.1. The van der Waals surface area contributed by atoms with Crippen LogP contribution in [0.25, 0.3) is 16.9 Å². The second kappa shape index (κ2) is 5.96. The number of carbonyl (C=O) groups is 1. The molecule has 0 aromatic carbocycles. The van der Waals surface area contributed by atoms with Gasteiger partial charge in [-0.3, -0.25) is 9.78 Å². The van der Waals surface area contributed by atoms with Crippen LogP contribution in [0.15, 0.2) is 30.9 Å². The zero-order valence-corrected chi connectivity index (χ0v) is 13.2. The van der Waals surface area contributed by atoms with Gasteiger partial charge in [0.1, 0.15) is 6.07 Å². The first-order chi connectivity index (χ1) is 11.5. The Morgan fingerprint density at radius 1 is 1.33 bits per heavy atom. The van der Waals surface area contributed by atoms with Crippen molar-refractivity contribution in [1.29, 1.82) is 5.26 Å². The van der Waals surface area contributed by atoms with Crippen molar-refractivity contribution in [2.24, 2.45) is 5.73 Å². The van der Waals surface area contributed by atoms with E-state index in [0.29, 0.717) is 33.7 Å². The van der Waals surface area contributed by atoms with E-state index < -0.39 is 5.91 Å². The van der Waals surface area contributed by atoms with Gasteiger partial charge in [-0.1, -0.05) is 0 Å². The molecule has 0 fully saturated rings. The van der Waals surface area contributed by atoms with Gasteiger partial charge in [-0.05, 0) is 19.9 Å². The summed E-state index contributed by atoms with van der Waals surface area (Å²) >= 11 is 0. The quantitative estimate of drug-likeness (QED) is 0.752. The maximum Gasteiger partial charge on any atom is 0.252 e. The van der Waals surface area contributed by atoms with E-state index >= 15 is 0 Å². The lowest BCUT2D eigenvalue weighted by Crippen LogP contribution is -2.18. The van der Waals surface area contributed by atoms with Crippen LogP contribution in [-0.2, 0) is 0 Å². The van der Waals surface area contributed by atoms with E-state index in [1.165, 1.54) is 16.9 Å². The van der Waals surface area contributed by atoms with Crippen LogP contribution in [0.2, 0.25) is 0 Å². The first-order valence-corrected chi connectivity index (χ1v) is 7.30. The van der Waals surface area contributed by atoms with E-state index in [1.807, 2.05) is 19.9 Å². The van der Waals surface area contributed by atoms with Crippen LogP contribution in [0, 0.1) is 11.3 Å². The molecule has 0 bridgehead atoms. The fourth-order valence-corrected chi connectivity index (χ4v) is 2.34. The van der Waals surface area contributed by atoms with Crippen molar-refractivity contribution < 1.29 is 4.79 Å². The summed E-state index contributed by atoms with van der Waals surface area (Å²) in [6.45, 7) is 3.93. The minimum Gasteiger partial charge on any atom is -0.382 e. The highest BCUT2D eigenvalue weighted by Crippen LogP contribution is 2.26. The fraction of sp³-hybridized carbons (Fsp3) is 0.188. The van der Waals surface area contributed by atoms with Gasteiger partial charge in [0.15, 0.2) is 5.65 Å². The molecule has 0 aliphatic carbocycles. The van der Waals surface area contributed by atoms with Gasteiger partial charge in [0.2, 0.25) is 0 Å². The van der Waals surface area contributed by atoms with Crippen molar-refractivity contribution >= 4 is 17.2 Å². The predicted octanol–water partition coefficient (Wildman–Crippen LogP) is 1.58. The highest BCUT2D eigenvalue weighted by molar-refractivity contribution is 5.99. The molecule has 24 heavy (non-hydrogen) atoms. The Morgan fingerprint density at radius 3 is 2.79 bits per heavy atom. The Morgan fingerprint density at radius 2 is 2.12 bits per heavy atom. The molecule has 8 heteroatoms. The number of pyridine rings is 1. The van der Waals surface area contributed by atoms with Crippen LogP contribution in [0.5, 0.6) is 0 Å². The number of carbonyl (C=O) groups excluding carboxylic acids is 1. The van der Waals surface area contributed by atoms with Gasteiger partial charge >= 0.3 is 0 Å². The lowest BCUT2D eigenvalue weighted by Gasteiger charge is -2.13. The number of nitrogens with one attached hydrogen (secondary N) is 1. The average molecular weight is 321 g/mol. The molecule has 0 saturated carbocycles. The van der Waals surface area contributed by atoms with Crippen molar-refractivity contribution in [3.05, 3.63) is 42.0 Å². The second-order valence-electron chi connectivity index (χ2n) is 5.56. The van der Waals surface area contributed by atoms with Gasteiger partial charge in [0, 0.05) is 18.4 Å². The summed E-state index contributed by atoms with van der Waals surface area (Å²) in [5.41, 5.74) is 8.62. The maximum absolute atomic E-state index is 11.6. The summed E-state index contributed by atoms with van der Waals surface area (Å²) < 4.78 is 1.52. The van der Waals surface area contributed by atoms with Gasteiger partial charge in [-0.15, -0.1) is 0 Å². The Bertz CT molecular complexity index is 968. The molecule has 0 aliphatic rings. The molecule has 0 aliphatic heterocycles. The molecule has 3 aromatic rings. The Kier molecular flexibility index (Phi) is 3.83. The molecule has 3 heterocycles. The Balaban J connectivity index is 2.13. The number of anilines is 1. The average Bonchev–Trinajstić information content (AvgIpc) is 2.96. The van der Waals surface area contributed by atoms with Crippen LogP contribution in [0.4, 0.5) is 5.69 Å². The van der Waals surface area contributed by atoms with Crippen LogP contribution in [0.1, 0.15) is 29.8 Å². The molecule has 120 valence electrons. The molecule has 0 atom stereocenters. The Hall–Kier alpha value is -3.47. The molecule has 0 spiro atoms. The van der Waals surface area contributed by atoms with Crippen LogP contribution in [-0.4, -0.2) is 31.5 Å².